The Balaban J connectivity index is 2.17. The summed E-state index contributed by atoms with van der Waals surface area (Å²) in [6, 6.07) is 0. The predicted molar refractivity (Wildman–Crippen MR) is 60.4 cm³/mol. The van der Waals surface area contributed by atoms with Gasteiger partial charge in [-0.3, -0.25) is 0 Å². The summed E-state index contributed by atoms with van der Waals surface area (Å²) in [5, 5.41) is 10.1. The van der Waals surface area contributed by atoms with Crippen molar-refractivity contribution in [1.82, 2.24) is 0 Å². The van der Waals surface area contributed by atoms with Gasteiger partial charge in [-0.05, 0) is 31.4 Å². The van der Waals surface area contributed by atoms with E-state index in [4.69, 9.17) is 0 Å². The van der Waals surface area contributed by atoms with E-state index in [1.165, 1.54) is 12.7 Å². The number of hydrogen-bond acceptors (Lipinski definition) is 4. The first-order chi connectivity index (χ1) is 6.49. The summed E-state index contributed by atoms with van der Waals surface area (Å²) in [6.07, 6.45) is 4.37. The van der Waals surface area contributed by atoms with E-state index in [1.807, 2.05) is 11.8 Å². The molecule has 0 saturated carbocycles. The van der Waals surface area contributed by atoms with Crippen molar-refractivity contribution in [1.29, 1.82) is 0 Å². The molecule has 1 aliphatic rings. The molecule has 0 bridgehead atoms. The van der Waals surface area contributed by atoms with E-state index in [1.54, 1.807) is 0 Å². The van der Waals surface area contributed by atoms with Crippen LogP contribution in [0, 0.1) is 0 Å². The van der Waals surface area contributed by atoms with Gasteiger partial charge in [-0.15, -0.1) is 0 Å². The average Bonchev–Trinajstić information content (AvgIpc) is 2.53. The SMILES string of the molecule is CS(=O)(=O)CCCC(O)C1CCCS1. The van der Waals surface area contributed by atoms with E-state index in [9.17, 15) is 13.5 Å². The minimum absolute atomic E-state index is 0.196. The molecule has 1 N–H and O–H groups in total. The van der Waals surface area contributed by atoms with E-state index >= 15 is 0 Å². The summed E-state index contributed by atoms with van der Waals surface area (Å²) in [4.78, 5) is 0. The van der Waals surface area contributed by atoms with Gasteiger partial charge in [0.05, 0.1) is 6.10 Å². The first-order valence-corrected chi connectivity index (χ1v) is 8.07. The van der Waals surface area contributed by atoms with Crippen molar-refractivity contribution < 1.29 is 13.5 Å². The molecule has 2 atom stereocenters. The molecule has 84 valence electrons. The molecule has 0 aliphatic carbocycles. The van der Waals surface area contributed by atoms with Crippen molar-refractivity contribution >= 4 is 21.6 Å². The molecule has 1 rings (SSSR count). The molecule has 5 heteroatoms. The van der Waals surface area contributed by atoms with Crippen LogP contribution in [0.5, 0.6) is 0 Å². The molecule has 0 aromatic carbocycles. The van der Waals surface area contributed by atoms with E-state index in [0.29, 0.717) is 18.1 Å². The Kier molecular flexibility index (Phi) is 4.73. The maximum absolute atomic E-state index is 10.8. The Morgan fingerprint density at radius 1 is 1.57 bits per heavy atom. The Hall–Kier alpha value is 0.260. The van der Waals surface area contributed by atoms with Crippen molar-refractivity contribution in [3.05, 3.63) is 0 Å². The zero-order chi connectivity index (χ0) is 10.6. The maximum atomic E-state index is 10.8. The van der Waals surface area contributed by atoms with Crippen LogP contribution in [0.2, 0.25) is 0 Å². The Morgan fingerprint density at radius 2 is 2.29 bits per heavy atom. The fourth-order valence-electron chi connectivity index (χ4n) is 1.65. The minimum Gasteiger partial charge on any atom is -0.392 e. The molecule has 1 fully saturated rings. The van der Waals surface area contributed by atoms with Crippen LogP contribution in [0.15, 0.2) is 0 Å². The van der Waals surface area contributed by atoms with Crippen LogP contribution in [0.3, 0.4) is 0 Å². The number of aliphatic hydroxyl groups is 1. The van der Waals surface area contributed by atoms with E-state index in [-0.39, 0.29) is 11.9 Å². The lowest BCUT2D eigenvalue weighted by Crippen LogP contribution is -2.21. The summed E-state index contributed by atoms with van der Waals surface area (Å²) >= 11 is 1.81. The van der Waals surface area contributed by atoms with Gasteiger partial charge in [-0.25, -0.2) is 8.42 Å². The van der Waals surface area contributed by atoms with Crippen molar-refractivity contribution in [2.45, 2.75) is 37.0 Å². The largest absolute Gasteiger partial charge is 0.392 e. The number of hydrogen-bond donors (Lipinski definition) is 1. The first kappa shape index (κ1) is 12.3. The van der Waals surface area contributed by atoms with Gasteiger partial charge in [-0.2, -0.15) is 11.8 Å². The van der Waals surface area contributed by atoms with Crippen LogP contribution in [-0.4, -0.2) is 42.6 Å². The molecular weight excluding hydrogens is 220 g/mol. The topological polar surface area (TPSA) is 54.4 Å². The van der Waals surface area contributed by atoms with Gasteiger partial charge < -0.3 is 5.11 Å². The lowest BCUT2D eigenvalue weighted by Gasteiger charge is -2.16. The number of aliphatic hydroxyl groups excluding tert-OH is 1. The molecule has 0 spiro atoms. The molecule has 3 nitrogen and oxygen atoms in total. The van der Waals surface area contributed by atoms with Gasteiger partial charge >= 0.3 is 0 Å². The van der Waals surface area contributed by atoms with Gasteiger partial charge in [-0.1, -0.05) is 0 Å². The van der Waals surface area contributed by atoms with Crippen molar-refractivity contribution in [2.75, 3.05) is 17.8 Å². The summed E-state index contributed by atoms with van der Waals surface area (Å²) in [5.41, 5.74) is 0. The third kappa shape index (κ3) is 4.66. The normalized spacial score (nSPS) is 25.1. The standard InChI is InChI=1S/C9H18O3S2/c1-14(11,12)7-3-4-8(10)9-5-2-6-13-9/h8-10H,2-7H2,1H3. The molecule has 0 amide bonds. The fourth-order valence-corrected chi connectivity index (χ4v) is 3.67. The third-order valence-electron chi connectivity index (χ3n) is 2.41. The second-order valence-electron chi connectivity index (χ2n) is 3.89. The molecule has 14 heavy (non-hydrogen) atoms. The number of sulfone groups is 1. The summed E-state index contributed by atoms with van der Waals surface area (Å²) in [7, 11) is -2.86. The van der Waals surface area contributed by atoms with E-state index in [0.717, 1.165) is 12.2 Å². The third-order valence-corrected chi connectivity index (χ3v) is 4.94. The monoisotopic (exact) mass is 238 g/mol. The van der Waals surface area contributed by atoms with E-state index < -0.39 is 9.84 Å². The van der Waals surface area contributed by atoms with E-state index in [2.05, 4.69) is 0 Å². The number of thioether (sulfide) groups is 1. The van der Waals surface area contributed by atoms with Gasteiger partial charge in [0.25, 0.3) is 0 Å². The molecule has 0 aromatic heterocycles. The second kappa shape index (κ2) is 5.37. The van der Waals surface area contributed by atoms with Crippen molar-refractivity contribution in [3.8, 4) is 0 Å². The first-order valence-electron chi connectivity index (χ1n) is 4.96. The van der Waals surface area contributed by atoms with Crippen LogP contribution >= 0.6 is 11.8 Å². The minimum atomic E-state index is -2.86. The zero-order valence-corrected chi connectivity index (χ0v) is 10.1. The molecule has 2 unspecified atom stereocenters. The highest BCUT2D eigenvalue weighted by Gasteiger charge is 2.23. The van der Waals surface area contributed by atoms with Crippen LogP contribution < -0.4 is 0 Å². The van der Waals surface area contributed by atoms with Gasteiger partial charge in [0.1, 0.15) is 9.84 Å². The summed E-state index contributed by atoms with van der Waals surface area (Å²) < 4.78 is 21.7. The van der Waals surface area contributed by atoms with Gasteiger partial charge in [0.2, 0.25) is 0 Å². The summed E-state index contributed by atoms with van der Waals surface area (Å²) in [6.45, 7) is 0. The predicted octanol–water partition coefficient (Wildman–Crippen LogP) is 1.07. The van der Waals surface area contributed by atoms with Crippen molar-refractivity contribution in [3.63, 3.8) is 0 Å². The molecule has 0 aromatic rings. The van der Waals surface area contributed by atoms with Crippen molar-refractivity contribution in [2.24, 2.45) is 0 Å². The quantitative estimate of drug-likeness (QED) is 0.778. The van der Waals surface area contributed by atoms with Crippen LogP contribution in [0.1, 0.15) is 25.7 Å². The van der Waals surface area contributed by atoms with Crippen LogP contribution in [0.4, 0.5) is 0 Å². The zero-order valence-electron chi connectivity index (χ0n) is 8.48. The molecule has 1 saturated heterocycles. The lowest BCUT2D eigenvalue weighted by atomic mass is 10.1. The summed E-state index contributed by atoms with van der Waals surface area (Å²) in [5.74, 6) is 1.33. The molecule has 0 radical (unpaired) electrons. The molecule has 1 aliphatic heterocycles. The maximum Gasteiger partial charge on any atom is 0.147 e. The Morgan fingerprint density at radius 3 is 2.79 bits per heavy atom. The smallest absolute Gasteiger partial charge is 0.147 e. The average molecular weight is 238 g/mol. The lowest BCUT2D eigenvalue weighted by molar-refractivity contribution is 0.159. The fraction of sp³-hybridized carbons (Fsp3) is 1.00. The molecule has 1 heterocycles. The molecular formula is C9H18O3S2. The highest BCUT2D eigenvalue weighted by molar-refractivity contribution is 8.00. The van der Waals surface area contributed by atoms with Crippen LogP contribution in [0.25, 0.3) is 0 Å². The highest BCUT2D eigenvalue weighted by Crippen LogP contribution is 2.30. The highest BCUT2D eigenvalue weighted by atomic mass is 32.2. The Bertz CT molecular complexity index is 255. The van der Waals surface area contributed by atoms with Crippen LogP contribution in [-0.2, 0) is 9.84 Å². The number of rotatable bonds is 5. The Labute approximate surface area is 90.2 Å². The van der Waals surface area contributed by atoms with Gasteiger partial charge in [0.15, 0.2) is 0 Å². The van der Waals surface area contributed by atoms with Gasteiger partial charge in [0, 0.05) is 17.3 Å². The second-order valence-corrected chi connectivity index (χ2v) is 7.50.